The number of rotatable bonds is 5. The molecule has 164 valence electrons. The monoisotopic (exact) mass is 440 g/mol. The fourth-order valence-corrected chi connectivity index (χ4v) is 5.61. The lowest BCUT2D eigenvalue weighted by Gasteiger charge is -2.28. The molecule has 0 radical (unpaired) electrons. The third-order valence-corrected chi connectivity index (χ3v) is 6.75. The maximum Gasteiger partial charge on any atom is 0.337 e. The van der Waals surface area contributed by atoms with E-state index in [1.165, 1.54) is 16.9 Å². The van der Waals surface area contributed by atoms with Crippen molar-refractivity contribution in [3.05, 3.63) is 45.7 Å². The lowest BCUT2D eigenvalue weighted by molar-refractivity contribution is -0.160. The Bertz CT molecular complexity index is 1130. The number of pyridine rings is 2. The van der Waals surface area contributed by atoms with Gasteiger partial charge in [0.1, 0.15) is 4.83 Å². The lowest BCUT2D eigenvalue weighted by atomic mass is 9.88. The Morgan fingerprint density at radius 2 is 2.00 bits per heavy atom. The summed E-state index contributed by atoms with van der Waals surface area (Å²) in [6.07, 6.45) is 4.84. The Hall–Kier alpha value is -2.35. The summed E-state index contributed by atoms with van der Waals surface area (Å²) in [5.41, 5.74) is 4.10. The van der Waals surface area contributed by atoms with Gasteiger partial charge in [-0.05, 0) is 65.0 Å². The minimum absolute atomic E-state index is 0.142. The number of aliphatic hydroxyl groups excluding tert-OH is 1. The van der Waals surface area contributed by atoms with Gasteiger partial charge >= 0.3 is 5.97 Å². The molecular weight excluding hydrogens is 412 g/mol. The third kappa shape index (κ3) is 4.22. The molecule has 2 N–H and O–H groups in total. The van der Waals surface area contributed by atoms with E-state index in [9.17, 15) is 15.0 Å². The van der Waals surface area contributed by atoms with Gasteiger partial charge in [0.05, 0.1) is 17.9 Å². The lowest BCUT2D eigenvalue weighted by Crippen LogP contribution is -2.28. The van der Waals surface area contributed by atoms with Crippen molar-refractivity contribution in [2.45, 2.75) is 71.7 Å². The Morgan fingerprint density at radius 3 is 2.61 bits per heavy atom. The number of aliphatic carboxylic acids is 1. The van der Waals surface area contributed by atoms with Gasteiger partial charge in [-0.3, -0.25) is 4.98 Å². The van der Waals surface area contributed by atoms with Crippen molar-refractivity contribution < 1.29 is 19.7 Å². The van der Waals surface area contributed by atoms with Gasteiger partial charge in [-0.2, -0.15) is 0 Å². The number of carboxylic acids is 1. The molecule has 0 saturated carbocycles. The van der Waals surface area contributed by atoms with E-state index in [2.05, 4.69) is 4.98 Å². The van der Waals surface area contributed by atoms with Crippen molar-refractivity contribution >= 4 is 27.5 Å². The minimum Gasteiger partial charge on any atom is -0.479 e. The SMILES string of the molecule is Cc1nc2sc3c(c2c(-c2ccc(CO)nc2)c1C(OC(C)(C)C)C(=O)O)CCCC3. The molecule has 3 aromatic rings. The number of fused-ring (bicyclic) bond motifs is 3. The summed E-state index contributed by atoms with van der Waals surface area (Å²) >= 11 is 1.71. The predicted octanol–water partition coefficient (Wildman–Crippen LogP) is 4.98. The molecule has 4 rings (SSSR count). The highest BCUT2D eigenvalue weighted by Gasteiger charge is 2.34. The average Bonchev–Trinajstić information content (AvgIpc) is 3.08. The largest absolute Gasteiger partial charge is 0.479 e. The summed E-state index contributed by atoms with van der Waals surface area (Å²) in [6, 6.07) is 3.68. The zero-order chi connectivity index (χ0) is 22.3. The topological polar surface area (TPSA) is 92.5 Å². The number of hydrogen-bond acceptors (Lipinski definition) is 6. The Kier molecular flexibility index (Phi) is 5.85. The number of hydrogen-bond donors (Lipinski definition) is 2. The van der Waals surface area contributed by atoms with E-state index >= 15 is 0 Å². The molecule has 1 aliphatic carbocycles. The molecule has 31 heavy (non-hydrogen) atoms. The van der Waals surface area contributed by atoms with Gasteiger partial charge in [0.15, 0.2) is 6.10 Å². The first kappa shape index (κ1) is 21.9. The molecule has 0 aliphatic heterocycles. The standard InChI is InChI=1S/C24H28N2O4S/c1-13-18(21(23(28)29)30-24(2,3)4)19(14-9-10-15(12-27)25-11-14)20-16-7-5-6-8-17(16)31-22(20)26-13/h9-11,21,27H,5-8,12H2,1-4H3,(H,28,29). The van der Waals surface area contributed by atoms with E-state index in [-0.39, 0.29) is 6.61 Å². The van der Waals surface area contributed by atoms with Crippen LogP contribution in [-0.4, -0.2) is 31.8 Å². The summed E-state index contributed by atoms with van der Waals surface area (Å²) in [4.78, 5) is 23.9. The van der Waals surface area contributed by atoms with Crippen LogP contribution in [0.4, 0.5) is 0 Å². The van der Waals surface area contributed by atoms with Gasteiger partial charge in [0.25, 0.3) is 0 Å². The number of carbonyl (C=O) groups is 1. The van der Waals surface area contributed by atoms with Gasteiger partial charge in [-0.1, -0.05) is 6.07 Å². The van der Waals surface area contributed by atoms with Gasteiger partial charge in [-0.15, -0.1) is 11.3 Å². The van der Waals surface area contributed by atoms with E-state index in [4.69, 9.17) is 9.72 Å². The first-order valence-electron chi connectivity index (χ1n) is 10.6. The van der Waals surface area contributed by atoms with E-state index in [1.807, 2.05) is 33.8 Å². The number of aryl methyl sites for hydroxylation is 3. The second-order valence-corrected chi connectivity index (χ2v) is 10.1. The molecule has 1 aliphatic rings. The molecule has 0 spiro atoms. The molecule has 1 atom stereocenters. The summed E-state index contributed by atoms with van der Waals surface area (Å²) < 4.78 is 6.05. The number of nitrogens with zero attached hydrogens (tertiary/aromatic N) is 2. The first-order chi connectivity index (χ1) is 14.7. The van der Waals surface area contributed by atoms with Gasteiger partial charge < -0.3 is 14.9 Å². The number of aromatic nitrogens is 2. The Labute approximate surface area is 185 Å². The summed E-state index contributed by atoms with van der Waals surface area (Å²) in [5.74, 6) is -1.04. The first-order valence-corrected chi connectivity index (χ1v) is 11.4. The van der Waals surface area contributed by atoms with E-state index in [1.54, 1.807) is 23.6 Å². The molecular formula is C24H28N2O4S. The van der Waals surface area contributed by atoms with E-state index in [0.29, 0.717) is 17.0 Å². The predicted molar refractivity (Wildman–Crippen MR) is 121 cm³/mol. The smallest absolute Gasteiger partial charge is 0.337 e. The molecule has 3 aromatic heterocycles. The van der Waals surface area contributed by atoms with Crippen molar-refractivity contribution in [3.8, 4) is 11.1 Å². The van der Waals surface area contributed by atoms with E-state index < -0.39 is 17.7 Å². The van der Waals surface area contributed by atoms with E-state index in [0.717, 1.165) is 40.6 Å². The third-order valence-electron chi connectivity index (χ3n) is 5.56. The molecule has 7 heteroatoms. The Morgan fingerprint density at radius 1 is 1.26 bits per heavy atom. The molecule has 0 saturated heterocycles. The normalized spacial score (nSPS) is 15.1. The molecule has 1 unspecified atom stereocenters. The van der Waals surface area contributed by atoms with Crippen molar-refractivity contribution in [1.29, 1.82) is 0 Å². The fourth-order valence-electron chi connectivity index (χ4n) is 4.29. The van der Waals surface area contributed by atoms with Gasteiger partial charge in [0, 0.05) is 38.8 Å². The second-order valence-electron chi connectivity index (χ2n) is 9.02. The second kappa shape index (κ2) is 8.30. The fraction of sp³-hybridized carbons (Fsp3) is 0.458. The van der Waals surface area contributed by atoms with Crippen LogP contribution in [0, 0.1) is 6.92 Å². The Balaban J connectivity index is 2.06. The van der Waals surface area contributed by atoms with Crippen molar-refractivity contribution in [1.82, 2.24) is 9.97 Å². The van der Waals surface area contributed by atoms with Crippen LogP contribution < -0.4 is 0 Å². The van der Waals surface area contributed by atoms with Crippen LogP contribution >= 0.6 is 11.3 Å². The number of aliphatic hydroxyl groups is 1. The average molecular weight is 441 g/mol. The van der Waals surface area contributed by atoms with Crippen LogP contribution in [0.1, 0.15) is 67.1 Å². The quantitative estimate of drug-likeness (QED) is 0.581. The van der Waals surface area contributed by atoms with Crippen molar-refractivity contribution in [2.75, 3.05) is 0 Å². The molecule has 6 nitrogen and oxygen atoms in total. The van der Waals surface area contributed by atoms with Gasteiger partial charge in [0.2, 0.25) is 0 Å². The summed E-state index contributed by atoms with van der Waals surface area (Å²) in [5, 5.41) is 20.6. The maximum atomic E-state index is 12.4. The highest BCUT2D eigenvalue weighted by atomic mass is 32.1. The molecule has 3 heterocycles. The summed E-state index contributed by atoms with van der Waals surface area (Å²) in [6.45, 7) is 7.28. The number of ether oxygens (including phenoxy) is 1. The maximum absolute atomic E-state index is 12.4. The van der Waals surface area contributed by atoms with Gasteiger partial charge in [-0.25, -0.2) is 9.78 Å². The molecule has 0 aromatic carbocycles. The van der Waals surface area contributed by atoms with Crippen LogP contribution in [0.5, 0.6) is 0 Å². The van der Waals surface area contributed by atoms with Crippen LogP contribution in [0.25, 0.3) is 21.3 Å². The minimum atomic E-state index is -1.15. The highest BCUT2D eigenvalue weighted by Crippen LogP contribution is 2.45. The summed E-state index contributed by atoms with van der Waals surface area (Å²) in [7, 11) is 0. The highest BCUT2D eigenvalue weighted by molar-refractivity contribution is 7.19. The molecule has 0 amide bonds. The number of thiophene rings is 1. The zero-order valence-corrected chi connectivity index (χ0v) is 19.2. The zero-order valence-electron chi connectivity index (χ0n) is 18.4. The molecule has 0 bridgehead atoms. The van der Waals surface area contributed by atoms with Crippen molar-refractivity contribution in [3.63, 3.8) is 0 Å². The van der Waals surface area contributed by atoms with Crippen molar-refractivity contribution in [2.24, 2.45) is 0 Å². The number of carboxylic acid groups (broad SMARTS) is 1. The van der Waals surface area contributed by atoms with Crippen LogP contribution in [0.3, 0.4) is 0 Å². The van der Waals surface area contributed by atoms with Crippen LogP contribution in [0.15, 0.2) is 18.3 Å². The molecule has 0 fully saturated rings. The van der Waals surface area contributed by atoms with Crippen LogP contribution in [0.2, 0.25) is 0 Å². The van der Waals surface area contributed by atoms with Crippen LogP contribution in [-0.2, 0) is 29.0 Å².